The number of phenolic OH excluding ortho intramolecular Hbond substituents is 1. The number of benzene rings is 1. The van der Waals surface area contributed by atoms with Gasteiger partial charge < -0.3 is 10.8 Å². The van der Waals surface area contributed by atoms with E-state index in [1.54, 1.807) is 18.2 Å². The fourth-order valence-corrected chi connectivity index (χ4v) is 1.22. The van der Waals surface area contributed by atoms with Crippen LogP contribution in [0.15, 0.2) is 24.3 Å². The third-order valence-electron chi connectivity index (χ3n) is 2.33. The van der Waals surface area contributed by atoms with Crippen molar-refractivity contribution < 1.29 is 9.50 Å². The molecule has 1 unspecified atom stereocenters. The second kappa shape index (κ2) is 4.42. The van der Waals surface area contributed by atoms with Gasteiger partial charge in [-0.15, -0.1) is 0 Å². The zero-order chi connectivity index (χ0) is 10.6. The standard InChI is InChI=1S/C11H16FNO/c1-11(12,8-13)7-6-9-4-2-3-5-10(9)14/h2-5,14H,6-8,13H2,1H3. The lowest BCUT2D eigenvalue weighted by Crippen LogP contribution is -2.29. The molecule has 0 spiro atoms. The smallest absolute Gasteiger partial charge is 0.120 e. The van der Waals surface area contributed by atoms with E-state index < -0.39 is 5.67 Å². The van der Waals surface area contributed by atoms with Crippen molar-refractivity contribution in [2.24, 2.45) is 5.73 Å². The Balaban J connectivity index is 2.58. The maximum atomic E-state index is 13.4. The second-order valence-corrected chi connectivity index (χ2v) is 3.75. The number of para-hydroxylation sites is 1. The molecule has 0 saturated carbocycles. The summed E-state index contributed by atoms with van der Waals surface area (Å²) >= 11 is 0. The normalized spacial score (nSPS) is 15.1. The average Bonchev–Trinajstić information content (AvgIpc) is 2.17. The van der Waals surface area contributed by atoms with Crippen molar-refractivity contribution in [2.45, 2.75) is 25.4 Å². The van der Waals surface area contributed by atoms with Crippen LogP contribution in [0, 0.1) is 0 Å². The quantitative estimate of drug-likeness (QED) is 0.775. The molecule has 0 aliphatic rings. The molecule has 3 N–H and O–H groups in total. The van der Waals surface area contributed by atoms with E-state index in [1.165, 1.54) is 6.92 Å². The number of hydrogen-bond donors (Lipinski definition) is 2. The topological polar surface area (TPSA) is 46.2 Å². The molecule has 0 amide bonds. The molecule has 1 rings (SSSR count). The highest BCUT2D eigenvalue weighted by Gasteiger charge is 2.20. The Morgan fingerprint density at radius 2 is 2.07 bits per heavy atom. The molecule has 0 fully saturated rings. The zero-order valence-corrected chi connectivity index (χ0v) is 8.33. The first-order valence-electron chi connectivity index (χ1n) is 4.71. The van der Waals surface area contributed by atoms with Crippen molar-refractivity contribution >= 4 is 0 Å². The summed E-state index contributed by atoms with van der Waals surface area (Å²) in [4.78, 5) is 0. The number of alkyl halides is 1. The summed E-state index contributed by atoms with van der Waals surface area (Å²) in [7, 11) is 0. The van der Waals surface area contributed by atoms with Gasteiger partial charge in [0.1, 0.15) is 11.4 Å². The summed E-state index contributed by atoms with van der Waals surface area (Å²) in [6.07, 6.45) is 0.845. The summed E-state index contributed by atoms with van der Waals surface area (Å²) in [6, 6.07) is 6.97. The third kappa shape index (κ3) is 3.00. The first-order valence-corrected chi connectivity index (χ1v) is 4.71. The van der Waals surface area contributed by atoms with Crippen LogP contribution in [0.2, 0.25) is 0 Å². The highest BCUT2D eigenvalue weighted by molar-refractivity contribution is 5.31. The zero-order valence-electron chi connectivity index (χ0n) is 8.33. The van der Waals surface area contributed by atoms with Gasteiger partial charge in [-0.2, -0.15) is 0 Å². The Hall–Kier alpha value is -1.09. The van der Waals surface area contributed by atoms with Crippen LogP contribution in [-0.4, -0.2) is 17.3 Å². The van der Waals surface area contributed by atoms with E-state index in [1.807, 2.05) is 6.07 Å². The summed E-state index contributed by atoms with van der Waals surface area (Å²) in [5, 5.41) is 9.43. The van der Waals surface area contributed by atoms with Gasteiger partial charge in [0.05, 0.1) is 0 Å². The maximum absolute atomic E-state index is 13.4. The minimum absolute atomic E-state index is 0.0145. The Morgan fingerprint density at radius 1 is 1.43 bits per heavy atom. The molecule has 2 nitrogen and oxygen atoms in total. The van der Waals surface area contributed by atoms with Crippen LogP contribution < -0.4 is 5.73 Å². The largest absolute Gasteiger partial charge is 0.508 e. The fourth-order valence-electron chi connectivity index (χ4n) is 1.22. The van der Waals surface area contributed by atoms with Gasteiger partial charge in [-0.1, -0.05) is 18.2 Å². The van der Waals surface area contributed by atoms with E-state index in [0.29, 0.717) is 12.8 Å². The molecular weight excluding hydrogens is 181 g/mol. The highest BCUT2D eigenvalue weighted by atomic mass is 19.1. The van der Waals surface area contributed by atoms with Crippen LogP contribution in [0.25, 0.3) is 0 Å². The number of aromatic hydroxyl groups is 1. The molecule has 1 atom stereocenters. The second-order valence-electron chi connectivity index (χ2n) is 3.75. The molecule has 1 aromatic rings. The van der Waals surface area contributed by atoms with Crippen LogP contribution in [0.5, 0.6) is 5.75 Å². The van der Waals surface area contributed by atoms with Crippen LogP contribution in [0.4, 0.5) is 4.39 Å². The van der Waals surface area contributed by atoms with E-state index in [4.69, 9.17) is 5.73 Å². The minimum Gasteiger partial charge on any atom is -0.508 e. The van der Waals surface area contributed by atoms with Crippen LogP contribution in [-0.2, 0) is 6.42 Å². The molecule has 0 saturated heterocycles. The number of nitrogens with two attached hydrogens (primary N) is 1. The molecular formula is C11H16FNO. The summed E-state index contributed by atoms with van der Waals surface area (Å²) in [5.74, 6) is 0.223. The number of rotatable bonds is 4. The number of aryl methyl sites for hydroxylation is 1. The molecule has 0 radical (unpaired) electrons. The first kappa shape index (κ1) is 11.0. The highest BCUT2D eigenvalue weighted by Crippen LogP contribution is 2.22. The Labute approximate surface area is 83.6 Å². The van der Waals surface area contributed by atoms with Crippen molar-refractivity contribution in [1.29, 1.82) is 0 Å². The molecule has 78 valence electrons. The number of phenols is 1. The minimum atomic E-state index is -1.34. The number of halogens is 1. The van der Waals surface area contributed by atoms with Gasteiger partial charge in [0.15, 0.2) is 0 Å². The van der Waals surface area contributed by atoms with E-state index >= 15 is 0 Å². The van der Waals surface area contributed by atoms with Gasteiger partial charge in [-0.3, -0.25) is 0 Å². The van der Waals surface area contributed by atoms with Crippen LogP contribution >= 0.6 is 0 Å². The van der Waals surface area contributed by atoms with Gasteiger partial charge in [0, 0.05) is 6.54 Å². The molecule has 0 aliphatic heterocycles. The van der Waals surface area contributed by atoms with Gasteiger partial charge in [0.2, 0.25) is 0 Å². The SMILES string of the molecule is CC(F)(CN)CCc1ccccc1O. The van der Waals surface area contributed by atoms with Gasteiger partial charge in [0.25, 0.3) is 0 Å². The summed E-state index contributed by atoms with van der Waals surface area (Å²) in [6.45, 7) is 1.49. The Morgan fingerprint density at radius 3 is 2.64 bits per heavy atom. The number of hydrogen-bond acceptors (Lipinski definition) is 2. The van der Waals surface area contributed by atoms with Crippen molar-refractivity contribution in [1.82, 2.24) is 0 Å². The van der Waals surface area contributed by atoms with Crippen molar-refractivity contribution in [3.05, 3.63) is 29.8 Å². The molecule has 0 bridgehead atoms. The van der Waals surface area contributed by atoms with Crippen molar-refractivity contribution in [3.8, 4) is 5.75 Å². The van der Waals surface area contributed by atoms with E-state index in [0.717, 1.165) is 5.56 Å². The van der Waals surface area contributed by atoms with E-state index in [2.05, 4.69) is 0 Å². The average molecular weight is 197 g/mol. The first-order chi connectivity index (χ1) is 6.55. The monoisotopic (exact) mass is 197 g/mol. The van der Waals surface area contributed by atoms with Crippen LogP contribution in [0.3, 0.4) is 0 Å². The molecule has 14 heavy (non-hydrogen) atoms. The predicted molar refractivity (Wildman–Crippen MR) is 55.0 cm³/mol. The van der Waals surface area contributed by atoms with Crippen molar-refractivity contribution in [2.75, 3.05) is 6.54 Å². The van der Waals surface area contributed by atoms with E-state index in [-0.39, 0.29) is 12.3 Å². The third-order valence-corrected chi connectivity index (χ3v) is 2.33. The lowest BCUT2D eigenvalue weighted by molar-refractivity contribution is 0.185. The molecule has 0 aliphatic carbocycles. The van der Waals surface area contributed by atoms with Gasteiger partial charge >= 0.3 is 0 Å². The molecule has 0 aromatic heterocycles. The predicted octanol–water partition coefficient (Wildman–Crippen LogP) is 2.01. The summed E-state index contributed by atoms with van der Waals surface area (Å²) < 4.78 is 13.4. The summed E-state index contributed by atoms with van der Waals surface area (Å²) in [5.41, 5.74) is 4.69. The Bertz CT molecular complexity index is 299. The lowest BCUT2D eigenvalue weighted by atomic mass is 9.98. The maximum Gasteiger partial charge on any atom is 0.120 e. The van der Waals surface area contributed by atoms with E-state index in [9.17, 15) is 9.50 Å². The Kier molecular flexibility index (Phi) is 3.47. The van der Waals surface area contributed by atoms with Crippen LogP contribution in [0.1, 0.15) is 18.9 Å². The fraction of sp³-hybridized carbons (Fsp3) is 0.455. The lowest BCUT2D eigenvalue weighted by Gasteiger charge is -2.17. The van der Waals surface area contributed by atoms with Crippen molar-refractivity contribution in [3.63, 3.8) is 0 Å². The van der Waals surface area contributed by atoms with Gasteiger partial charge in [-0.25, -0.2) is 4.39 Å². The van der Waals surface area contributed by atoms with Gasteiger partial charge in [-0.05, 0) is 31.4 Å². The molecule has 0 heterocycles. The molecule has 1 aromatic carbocycles. The molecule has 3 heteroatoms.